The number of carboxylic acids is 1. The number of carbonyl (C=O) groups excluding carboxylic acids is 1. The first-order chi connectivity index (χ1) is 7.15. The van der Waals surface area contributed by atoms with Gasteiger partial charge < -0.3 is 14.7 Å². The van der Waals surface area contributed by atoms with E-state index in [1.165, 1.54) is 4.90 Å². The molecule has 1 atom stereocenters. The van der Waals surface area contributed by atoms with Gasteiger partial charge in [0, 0.05) is 13.1 Å². The van der Waals surface area contributed by atoms with Crippen LogP contribution in [0, 0.1) is 5.92 Å². The summed E-state index contributed by atoms with van der Waals surface area (Å²) >= 11 is 0. The van der Waals surface area contributed by atoms with Gasteiger partial charge in [0.25, 0.3) is 0 Å². The van der Waals surface area contributed by atoms with Gasteiger partial charge in [-0.3, -0.25) is 4.79 Å². The van der Waals surface area contributed by atoms with Gasteiger partial charge >= 0.3 is 12.1 Å². The number of amides is 1. The molecule has 1 aliphatic heterocycles. The number of hydrogen-bond acceptors (Lipinski definition) is 3. The first kappa shape index (κ1) is 11.8. The molecule has 0 bridgehead atoms. The van der Waals surface area contributed by atoms with Gasteiger partial charge in [-0.25, -0.2) is 4.79 Å². The number of likely N-dealkylation sites (tertiary alicyclic amines) is 1. The summed E-state index contributed by atoms with van der Waals surface area (Å²) in [5, 5.41) is 8.84. The molecule has 86 valence electrons. The predicted octanol–water partition coefficient (Wildman–Crippen LogP) is 1.33. The van der Waals surface area contributed by atoms with Crippen molar-refractivity contribution in [2.24, 2.45) is 5.92 Å². The lowest BCUT2D eigenvalue weighted by Gasteiger charge is -2.29. The summed E-state index contributed by atoms with van der Waals surface area (Å²) < 4.78 is 4.95. The van der Waals surface area contributed by atoms with Crippen LogP contribution in [0.25, 0.3) is 0 Å². The second kappa shape index (κ2) is 5.58. The van der Waals surface area contributed by atoms with E-state index in [4.69, 9.17) is 9.84 Å². The van der Waals surface area contributed by atoms with Crippen LogP contribution < -0.4 is 0 Å². The molecule has 0 radical (unpaired) electrons. The van der Waals surface area contributed by atoms with E-state index in [1.807, 2.05) is 6.92 Å². The van der Waals surface area contributed by atoms with Crippen LogP contribution in [0.1, 0.15) is 26.2 Å². The molecular weight excluding hydrogens is 198 g/mol. The molecule has 1 fully saturated rings. The SMILES string of the molecule is CCCOC(=O)N1CCC[C@H](C(=O)O)C1. The molecule has 1 N–H and O–H groups in total. The standard InChI is InChI=1S/C10H17NO4/c1-2-6-15-10(14)11-5-3-4-8(7-11)9(12)13/h8H,2-7H2,1H3,(H,12,13)/t8-/m0/s1. The van der Waals surface area contributed by atoms with Crippen molar-refractivity contribution in [1.82, 2.24) is 4.90 Å². The maximum Gasteiger partial charge on any atom is 0.409 e. The number of aliphatic carboxylic acids is 1. The molecule has 1 rings (SSSR count). The minimum absolute atomic E-state index is 0.276. The van der Waals surface area contributed by atoms with E-state index >= 15 is 0 Å². The number of ether oxygens (including phenoxy) is 1. The van der Waals surface area contributed by atoms with Gasteiger partial charge in [-0.05, 0) is 19.3 Å². The fourth-order valence-electron chi connectivity index (χ4n) is 1.63. The Balaban J connectivity index is 2.41. The highest BCUT2D eigenvalue weighted by atomic mass is 16.6. The monoisotopic (exact) mass is 215 g/mol. The van der Waals surface area contributed by atoms with Crippen molar-refractivity contribution < 1.29 is 19.4 Å². The number of carbonyl (C=O) groups is 2. The minimum Gasteiger partial charge on any atom is -0.481 e. The lowest BCUT2D eigenvalue weighted by Crippen LogP contribution is -2.42. The van der Waals surface area contributed by atoms with Crippen molar-refractivity contribution in [3.63, 3.8) is 0 Å². The Morgan fingerprint density at radius 1 is 1.53 bits per heavy atom. The smallest absolute Gasteiger partial charge is 0.409 e. The molecule has 0 aromatic rings. The van der Waals surface area contributed by atoms with Crippen molar-refractivity contribution in [2.75, 3.05) is 19.7 Å². The molecule has 1 amide bonds. The summed E-state index contributed by atoms with van der Waals surface area (Å²) in [6.07, 6.45) is 1.77. The van der Waals surface area contributed by atoms with Gasteiger partial charge in [-0.15, -0.1) is 0 Å². The Kier molecular flexibility index (Phi) is 4.39. The Bertz CT molecular complexity index is 242. The van der Waals surface area contributed by atoms with Crippen LogP contribution in [0.2, 0.25) is 0 Å². The van der Waals surface area contributed by atoms with Crippen molar-refractivity contribution >= 4 is 12.1 Å². The maximum atomic E-state index is 11.4. The van der Waals surface area contributed by atoms with Gasteiger partial charge in [-0.2, -0.15) is 0 Å². The topological polar surface area (TPSA) is 66.8 Å². The Morgan fingerprint density at radius 3 is 2.87 bits per heavy atom. The highest BCUT2D eigenvalue weighted by Gasteiger charge is 2.28. The number of carboxylic acid groups (broad SMARTS) is 1. The number of piperidine rings is 1. The van der Waals surface area contributed by atoms with E-state index in [0.717, 1.165) is 12.8 Å². The fraction of sp³-hybridized carbons (Fsp3) is 0.800. The highest BCUT2D eigenvalue weighted by Crippen LogP contribution is 2.17. The second-order valence-corrected chi connectivity index (χ2v) is 3.74. The molecule has 0 saturated carbocycles. The van der Waals surface area contributed by atoms with Crippen LogP contribution in [-0.2, 0) is 9.53 Å². The van der Waals surface area contributed by atoms with Crippen LogP contribution in [0.4, 0.5) is 4.79 Å². The van der Waals surface area contributed by atoms with E-state index in [1.54, 1.807) is 0 Å². The molecule has 1 saturated heterocycles. The first-order valence-corrected chi connectivity index (χ1v) is 5.29. The molecule has 15 heavy (non-hydrogen) atoms. The quantitative estimate of drug-likeness (QED) is 0.771. The highest BCUT2D eigenvalue weighted by molar-refractivity contribution is 5.73. The van der Waals surface area contributed by atoms with Crippen LogP contribution in [0.5, 0.6) is 0 Å². The lowest BCUT2D eigenvalue weighted by molar-refractivity contribution is -0.143. The zero-order valence-electron chi connectivity index (χ0n) is 8.94. The normalized spacial score (nSPS) is 21.1. The third kappa shape index (κ3) is 3.42. The van der Waals surface area contributed by atoms with Crippen molar-refractivity contribution in [3.8, 4) is 0 Å². The van der Waals surface area contributed by atoms with Crippen LogP contribution in [0.15, 0.2) is 0 Å². The van der Waals surface area contributed by atoms with E-state index in [9.17, 15) is 9.59 Å². The molecule has 0 unspecified atom stereocenters. The Morgan fingerprint density at radius 2 is 2.27 bits per heavy atom. The summed E-state index contributed by atoms with van der Waals surface area (Å²) in [5.74, 6) is -1.27. The largest absolute Gasteiger partial charge is 0.481 e. The van der Waals surface area contributed by atoms with Gasteiger partial charge in [0.05, 0.1) is 12.5 Å². The molecular formula is C10H17NO4. The van der Waals surface area contributed by atoms with Crippen LogP contribution in [-0.4, -0.2) is 41.8 Å². The molecule has 0 spiro atoms. The number of nitrogens with zero attached hydrogens (tertiary/aromatic N) is 1. The summed E-state index contributed by atoms with van der Waals surface area (Å²) in [6, 6.07) is 0. The number of rotatable bonds is 3. The Labute approximate surface area is 89.0 Å². The maximum absolute atomic E-state index is 11.4. The Hall–Kier alpha value is -1.26. The summed E-state index contributed by atoms with van der Waals surface area (Å²) in [6.45, 7) is 3.20. The molecule has 5 nitrogen and oxygen atoms in total. The van der Waals surface area contributed by atoms with Crippen molar-refractivity contribution in [3.05, 3.63) is 0 Å². The average molecular weight is 215 g/mol. The van der Waals surface area contributed by atoms with Gasteiger partial charge in [0.15, 0.2) is 0 Å². The van der Waals surface area contributed by atoms with E-state index in [-0.39, 0.29) is 12.6 Å². The lowest BCUT2D eigenvalue weighted by atomic mass is 9.99. The van der Waals surface area contributed by atoms with E-state index in [0.29, 0.717) is 19.6 Å². The van der Waals surface area contributed by atoms with Crippen LogP contribution in [0.3, 0.4) is 0 Å². The van der Waals surface area contributed by atoms with Crippen molar-refractivity contribution in [2.45, 2.75) is 26.2 Å². The third-order valence-corrected chi connectivity index (χ3v) is 2.46. The minimum atomic E-state index is -0.831. The van der Waals surface area contributed by atoms with Gasteiger partial charge in [0.1, 0.15) is 0 Å². The summed E-state index contributed by atoms with van der Waals surface area (Å²) in [5.41, 5.74) is 0. The average Bonchev–Trinajstić information content (AvgIpc) is 2.26. The first-order valence-electron chi connectivity index (χ1n) is 5.29. The fourth-order valence-corrected chi connectivity index (χ4v) is 1.63. The predicted molar refractivity (Wildman–Crippen MR) is 53.6 cm³/mol. The molecule has 0 aliphatic carbocycles. The molecule has 0 aromatic carbocycles. The number of hydrogen-bond donors (Lipinski definition) is 1. The summed E-state index contributed by atoms with van der Waals surface area (Å²) in [4.78, 5) is 23.7. The molecule has 1 heterocycles. The zero-order chi connectivity index (χ0) is 11.3. The molecule has 5 heteroatoms. The third-order valence-electron chi connectivity index (χ3n) is 2.46. The second-order valence-electron chi connectivity index (χ2n) is 3.74. The van der Waals surface area contributed by atoms with Gasteiger partial charge in [-0.1, -0.05) is 6.92 Å². The zero-order valence-corrected chi connectivity index (χ0v) is 8.94. The van der Waals surface area contributed by atoms with Gasteiger partial charge in [0.2, 0.25) is 0 Å². The van der Waals surface area contributed by atoms with E-state index < -0.39 is 11.9 Å². The van der Waals surface area contributed by atoms with E-state index in [2.05, 4.69) is 0 Å². The molecule has 1 aliphatic rings. The van der Waals surface area contributed by atoms with Crippen LogP contribution >= 0.6 is 0 Å². The van der Waals surface area contributed by atoms with Crippen molar-refractivity contribution in [1.29, 1.82) is 0 Å². The summed E-state index contributed by atoms with van der Waals surface area (Å²) in [7, 11) is 0. The molecule has 0 aromatic heterocycles.